The van der Waals surface area contributed by atoms with Gasteiger partial charge in [-0.2, -0.15) is 0 Å². The topological polar surface area (TPSA) is 33.1 Å². The Balaban J connectivity index is 2.56. The van der Waals surface area contributed by atoms with Gasteiger partial charge in [0.2, 0.25) is 0 Å². The number of hydrogen-bond acceptors (Lipinski definition) is 2. The van der Waals surface area contributed by atoms with Crippen molar-refractivity contribution < 1.29 is 4.65 Å². The van der Waals surface area contributed by atoms with Crippen LogP contribution in [0, 0.1) is 5.31 Å². The van der Waals surface area contributed by atoms with E-state index < -0.39 is 0 Å². The maximum atomic E-state index is 6.43. The number of nitrogens with one attached hydrogen (secondary N) is 1. The molecule has 1 N–H and O–H groups in total. The zero-order valence-corrected chi connectivity index (χ0v) is 4.61. The van der Waals surface area contributed by atoms with Gasteiger partial charge >= 0.3 is 43.6 Å². The van der Waals surface area contributed by atoms with Crippen LogP contribution in [0.4, 0.5) is 0 Å². The van der Waals surface area contributed by atoms with Crippen LogP contribution in [-0.2, 0) is 4.65 Å². The van der Waals surface area contributed by atoms with Gasteiger partial charge in [-0.05, 0) is 0 Å². The van der Waals surface area contributed by atoms with E-state index in [0.717, 1.165) is 20.1 Å². The van der Waals surface area contributed by atoms with E-state index in [1.54, 1.807) is 0 Å². The average Bonchev–Trinajstić information content (AvgIpc) is 1.69. The van der Waals surface area contributed by atoms with Gasteiger partial charge in [-0.3, -0.25) is 0 Å². The van der Waals surface area contributed by atoms with Crippen molar-refractivity contribution in [1.82, 2.24) is 0 Å². The first-order valence-corrected chi connectivity index (χ1v) is 2.52. The molecule has 3 heteroatoms. The van der Waals surface area contributed by atoms with E-state index in [4.69, 9.17) is 5.31 Å². The summed E-state index contributed by atoms with van der Waals surface area (Å²) in [6, 6.07) is 0. The van der Waals surface area contributed by atoms with Crippen LogP contribution in [0.1, 0.15) is 19.8 Å². The van der Waals surface area contributed by atoms with Gasteiger partial charge in [-0.1, -0.05) is 0 Å². The molecule has 0 aromatic heterocycles. The molecule has 0 radical (unpaired) electrons. The van der Waals surface area contributed by atoms with Crippen LogP contribution < -0.4 is 0 Å². The van der Waals surface area contributed by atoms with Crippen LogP contribution in [0.25, 0.3) is 0 Å². The Bertz CT molecular complexity index is 49.0. The van der Waals surface area contributed by atoms with Crippen molar-refractivity contribution in [2.24, 2.45) is 0 Å². The molecule has 0 atom stereocenters. The summed E-state index contributed by atoms with van der Waals surface area (Å²) in [5.41, 5.74) is 0. The molecule has 0 amide bonds. The SMILES string of the molecule is CCCCOB=N. The maximum absolute atomic E-state index is 6.43. The predicted molar refractivity (Wildman–Crippen MR) is 29.3 cm³/mol. The summed E-state index contributed by atoms with van der Waals surface area (Å²) in [4.78, 5) is 0. The third kappa shape index (κ3) is 5.66. The third-order valence-corrected chi connectivity index (χ3v) is 0.699. The van der Waals surface area contributed by atoms with Crippen LogP contribution in [0.5, 0.6) is 0 Å². The van der Waals surface area contributed by atoms with E-state index in [1.165, 1.54) is 0 Å². The van der Waals surface area contributed by atoms with Gasteiger partial charge < -0.3 is 0 Å². The molecule has 0 heterocycles. The summed E-state index contributed by atoms with van der Waals surface area (Å²) in [6.07, 6.45) is 2.18. The first-order valence-electron chi connectivity index (χ1n) is 2.52. The summed E-state index contributed by atoms with van der Waals surface area (Å²) in [6.45, 7) is 2.79. The fraction of sp³-hybridized carbons (Fsp3) is 1.00. The summed E-state index contributed by atoms with van der Waals surface area (Å²) in [7, 11) is 0.982. The predicted octanol–water partition coefficient (Wildman–Crippen LogP) is 1.18. The van der Waals surface area contributed by atoms with Gasteiger partial charge in [0.25, 0.3) is 0 Å². The van der Waals surface area contributed by atoms with Crippen LogP contribution in [0.2, 0.25) is 0 Å². The normalized spacial score (nSPS) is 7.57. The fourth-order valence-corrected chi connectivity index (χ4v) is 0.287. The van der Waals surface area contributed by atoms with E-state index in [2.05, 4.69) is 11.6 Å². The minimum absolute atomic E-state index is 0.694. The molecular formula is C4H10BNO. The zero-order chi connectivity index (χ0) is 5.54. The summed E-state index contributed by atoms with van der Waals surface area (Å²) < 4.78 is 4.62. The molecule has 0 aromatic carbocycles. The number of rotatable bonds is 4. The van der Waals surface area contributed by atoms with Crippen molar-refractivity contribution in [3.8, 4) is 0 Å². The Hall–Kier alpha value is -0.335. The summed E-state index contributed by atoms with van der Waals surface area (Å²) in [5, 5.41) is 6.43. The van der Waals surface area contributed by atoms with Crippen molar-refractivity contribution in [3.63, 3.8) is 0 Å². The van der Waals surface area contributed by atoms with Gasteiger partial charge in [-0.25, -0.2) is 0 Å². The Morgan fingerprint density at radius 2 is 2.43 bits per heavy atom. The van der Waals surface area contributed by atoms with Crippen LogP contribution >= 0.6 is 0 Å². The second-order valence-electron chi connectivity index (χ2n) is 1.34. The van der Waals surface area contributed by atoms with Crippen molar-refractivity contribution in [2.45, 2.75) is 19.8 Å². The zero-order valence-electron chi connectivity index (χ0n) is 4.61. The quantitative estimate of drug-likeness (QED) is 0.416. The summed E-state index contributed by atoms with van der Waals surface area (Å²) >= 11 is 0. The second-order valence-corrected chi connectivity index (χ2v) is 1.34. The number of unbranched alkanes of at least 4 members (excludes halogenated alkanes) is 1. The molecule has 0 saturated carbocycles. The minimum atomic E-state index is 0.694. The van der Waals surface area contributed by atoms with Gasteiger partial charge in [0.15, 0.2) is 0 Å². The standard InChI is InChI=1S/C4H10BNO/c1-2-3-4-7-5-6/h6H,2-4H2,1H3. The van der Waals surface area contributed by atoms with Crippen LogP contribution in [0.3, 0.4) is 0 Å². The van der Waals surface area contributed by atoms with E-state index in [9.17, 15) is 0 Å². The molecule has 0 fully saturated rings. The van der Waals surface area contributed by atoms with Gasteiger partial charge in [-0.15, -0.1) is 0 Å². The van der Waals surface area contributed by atoms with Crippen molar-refractivity contribution >= 4 is 7.27 Å². The molecule has 40 valence electrons. The molecule has 0 aliphatic carbocycles. The van der Waals surface area contributed by atoms with E-state index >= 15 is 0 Å². The molecule has 7 heavy (non-hydrogen) atoms. The molecular weight excluding hydrogens is 88.9 g/mol. The molecule has 2 nitrogen and oxygen atoms in total. The van der Waals surface area contributed by atoms with E-state index in [-0.39, 0.29) is 0 Å². The first-order chi connectivity index (χ1) is 3.41. The van der Waals surface area contributed by atoms with Gasteiger partial charge in [0.05, 0.1) is 0 Å². The Labute approximate surface area is 44.7 Å². The average molecular weight is 98.9 g/mol. The number of hydrogen-bond donors (Lipinski definition) is 1. The summed E-state index contributed by atoms with van der Waals surface area (Å²) in [5.74, 6) is 0. The van der Waals surface area contributed by atoms with Crippen molar-refractivity contribution in [3.05, 3.63) is 0 Å². The van der Waals surface area contributed by atoms with Crippen molar-refractivity contribution in [2.75, 3.05) is 6.61 Å². The van der Waals surface area contributed by atoms with Gasteiger partial charge in [0, 0.05) is 0 Å². The molecule has 0 aliphatic rings. The molecule has 0 saturated heterocycles. The third-order valence-electron chi connectivity index (χ3n) is 0.699. The van der Waals surface area contributed by atoms with Crippen LogP contribution in [0.15, 0.2) is 0 Å². The Morgan fingerprint density at radius 1 is 1.71 bits per heavy atom. The molecule has 0 bridgehead atoms. The molecule has 0 aromatic rings. The van der Waals surface area contributed by atoms with E-state index in [1.807, 2.05) is 0 Å². The second kappa shape index (κ2) is 5.66. The fourth-order valence-electron chi connectivity index (χ4n) is 0.287. The molecule has 0 unspecified atom stereocenters. The molecule has 0 rings (SSSR count). The van der Waals surface area contributed by atoms with Gasteiger partial charge in [0.1, 0.15) is 0 Å². The van der Waals surface area contributed by atoms with Crippen LogP contribution in [-0.4, -0.2) is 13.9 Å². The first kappa shape index (κ1) is 6.66. The molecule has 0 aliphatic heterocycles. The molecule has 0 spiro atoms. The Morgan fingerprint density at radius 3 is 2.86 bits per heavy atom. The van der Waals surface area contributed by atoms with Crippen molar-refractivity contribution in [1.29, 1.82) is 5.31 Å². The van der Waals surface area contributed by atoms with E-state index in [0.29, 0.717) is 6.61 Å². The monoisotopic (exact) mass is 99.1 g/mol. The Kier molecular flexibility index (Phi) is 5.39.